The fraction of sp³-hybridized carbons (Fsp3) is 0.227. The monoisotopic (exact) mass is 315 g/mol. The van der Waals surface area contributed by atoms with Crippen molar-refractivity contribution < 1.29 is 4.79 Å². The summed E-state index contributed by atoms with van der Waals surface area (Å²) >= 11 is 0. The Kier molecular flexibility index (Phi) is 3.81. The molecule has 1 saturated carbocycles. The maximum absolute atomic E-state index is 12.6. The summed E-state index contributed by atoms with van der Waals surface area (Å²) < 4.78 is 0. The van der Waals surface area contributed by atoms with E-state index < -0.39 is 0 Å². The minimum Gasteiger partial charge on any atom is -0.322 e. The van der Waals surface area contributed by atoms with E-state index in [2.05, 4.69) is 30.4 Å². The van der Waals surface area contributed by atoms with Crippen molar-refractivity contribution in [1.29, 1.82) is 0 Å². The second-order valence-electron chi connectivity index (χ2n) is 6.65. The molecule has 1 N–H and O–H groups in total. The highest BCUT2D eigenvalue weighted by molar-refractivity contribution is 6.06. The van der Waals surface area contributed by atoms with Crippen LogP contribution in [0.2, 0.25) is 0 Å². The smallest absolute Gasteiger partial charge is 0.255 e. The van der Waals surface area contributed by atoms with E-state index in [0.717, 1.165) is 22.4 Å². The van der Waals surface area contributed by atoms with Gasteiger partial charge in [0.25, 0.3) is 5.91 Å². The molecule has 4 rings (SSSR count). The molecule has 3 aromatic rings. The summed E-state index contributed by atoms with van der Waals surface area (Å²) in [6.45, 7) is 2.25. The van der Waals surface area contributed by atoms with Gasteiger partial charge in [-0.15, -0.1) is 0 Å². The molecule has 1 aliphatic rings. The van der Waals surface area contributed by atoms with Gasteiger partial charge in [-0.2, -0.15) is 0 Å². The number of rotatable bonds is 4. The third kappa shape index (κ3) is 2.92. The van der Waals surface area contributed by atoms with Crippen LogP contribution >= 0.6 is 0 Å². The quantitative estimate of drug-likeness (QED) is 0.666. The molecule has 2 nitrogen and oxygen atoms in total. The molecule has 0 spiro atoms. The van der Waals surface area contributed by atoms with Crippen LogP contribution in [-0.2, 0) is 0 Å². The van der Waals surface area contributed by atoms with E-state index in [4.69, 9.17) is 0 Å². The predicted molar refractivity (Wildman–Crippen MR) is 99.5 cm³/mol. The van der Waals surface area contributed by atoms with Crippen LogP contribution in [0.15, 0.2) is 66.7 Å². The summed E-state index contributed by atoms with van der Waals surface area (Å²) in [5.41, 5.74) is 2.92. The van der Waals surface area contributed by atoms with Gasteiger partial charge < -0.3 is 5.32 Å². The van der Waals surface area contributed by atoms with Gasteiger partial charge in [-0.05, 0) is 58.9 Å². The molecular weight excluding hydrogens is 294 g/mol. The van der Waals surface area contributed by atoms with Crippen molar-refractivity contribution in [2.45, 2.75) is 25.7 Å². The van der Waals surface area contributed by atoms with Crippen LogP contribution in [-0.4, -0.2) is 5.91 Å². The number of hydrogen-bond donors (Lipinski definition) is 1. The van der Waals surface area contributed by atoms with Crippen LogP contribution < -0.4 is 5.32 Å². The first kappa shape index (κ1) is 14.9. The Morgan fingerprint density at radius 2 is 1.83 bits per heavy atom. The number of anilines is 1. The van der Waals surface area contributed by atoms with Gasteiger partial charge in [0.05, 0.1) is 0 Å². The number of fused-ring (bicyclic) bond motifs is 1. The molecule has 2 heteroatoms. The molecule has 1 aliphatic carbocycles. The van der Waals surface area contributed by atoms with Crippen molar-refractivity contribution in [3.05, 3.63) is 77.9 Å². The minimum absolute atomic E-state index is 0.0549. The van der Waals surface area contributed by atoms with Crippen molar-refractivity contribution in [3.63, 3.8) is 0 Å². The van der Waals surface area contributed by atoms with E-state index in [-0.39, 0.29) is 5.91 Å². The van der Waals surface area contributed by atoms with E-state index >= 15 is 0 Å². The van der Waals surface area contributed by atoms with E-state index in [1.807, 2.05) is 48.5 Å². The molecule has 0 aromatic heterocycles. The van der Waals surface area contributed by atoms with Crippen molar-refractivity contribution in [3.8, 4) is 0 Å². The molecule has 24 heavy (non-hydrogen) atoms. The lowest BCUT2D eigenvalue weighted by molar-refractivity contribution is 0.102. The minimum atomic E-state index is -0.0549. The highest BCUT2D eigenvalue weighted by Crippen LogP contribution is 2.49. The van der Waals surface area contributed by atoms with Crippen molar-refractivity contribution in [2.24, 2.45) is 5.92 Å². The first-order valence-corrected chi connectivity index (χ1v) is 8.64. The molecule has 0 saturated heterocycles. The van der Waals surface area contributed by atoms with Gasteiger partial charge in [0.2, 0.25) is 0 Å². The Morgan fingerprint density at radius 1 is 1.00 bits per heavy atom. The zero-order chi connectivity index (χ0) is 16.5. The number of hydrogen-bond acceptors (Lipinski definition) is 1. The van der Waals surface area contributed by atoms with Crippen LogP contribution in [0.25, 0.3) is 10.8 Å². The molecule has 0 bridgehead atoms. The lowest BCUT2D eigenvalue weighted by Gasteiger charge is -2.08. The summed E-state index contributed by atoms with van der Waals surface area (Å²) in [4.78, 5) is 12.6. The summed E-state index contributed by atoms with van der Waals surface area (Å²) in [7, 11) is 0. The number of carbonyl (C=O) groups excluding carboxylic acids is 1. The molecule has 3 aromatic carbocycles. The van der Waals surface area contributed by atoms with Gasteiger partial charge in [0.1, 0.15) is 0 Å². The Morgan fingerprint density at radius 3 is 2.62 bits per heavy atom. The molecule has 0 heterocycles. The molecule has 1 fully saturated rings. The first-order valence-electron chi connectivity index (χ1n) is 8.64. The number of benzene rings is 3. The summed E-state index contributed by atoms with van der Waals surface area (Å²) in [6, 6.07) is 22.2. The fourth-order valence-electron chi connectivity index (χ4n) is 3.49. The summed E-state index contributed by atoms with van der Waals surface area (Å²) in [6.07, 6.45) is 2.51. The van der Waals surface area contributed by atoms with Gasteiger partial charge in [-0.25, -0.2) is 0 Å². The molecular formula is C22H21NO. The predicted octanol–water partition coefficient (Wildman–Crippen LogP) is 5.61. The van der Waals surface area contributed by atoms with Crippen LogP contribution in [0.3, 0.4) is 0 Å². The van der Waals surface area contributed by atoms with Gasteiger partial charge in [-0.1, -0.05) is 55.8 Å². The van der Waals surface area contributed by atoms with E-state index in [0.29, 0.717) is 11.5 Å². The molecule has 0 aliphatic heterocycles. The fourth-order valence-corrected chi connectivity index (χ4v) is 3.49. The van der Waals surface area contributed by atoms with Crippen LogP contribution in [0.4, 0.5) is 5.69 Å². The van der Waals surface area contributed by atoms with E-state index in [1.54, 1.807) is 0 Å². The third-order valence-corrected chi connectivity index (χ3v) is 5.03. The molecule has 0 radical (unpaired) electrons. The highest BCUT2D eigenvalue weighted by atomic mass is 16.1. The number of nitrogens with one attached hydrogen (secondary N) is 1. The molecule has 1 amide bonds. The summed E-state index contributed by atoms with van der Waals surface area (Å²) in [5.74, 6) is 1.43. The SMILES string of the molecule is CC[C@H]1C[C@H]1c1cccc(NC(=O)c2ccc3ccccc3c2)c1. The standard InChI is InChI=1S/C22H21NO/c1-2-15-14-21(15)18-8-5-9-20(13-18)23-22(24)19-11-10-16-6-3-4-7-17(16)12-19/h3-13,15,21H,2,14H2,1H3,(H,23,24)/t15-,21+/m0/s1. The zero-order valence-electron chi connectivity index (χ0n) is 13.8. The molecule has 120 valence electrons. The molecule has 0 unspecified atom stereocenters. The first-order chi connectivity index (χ1) is 11.7. The number of amides is 1. The van der Waals surface area contributed by atoms with Crippen LogP contribution in [0, 0.1) is 5.92 Å². The lowest BCUT2D eigenvalue weighted by atomic mass is 10.1. The van der Waals surface area contributed by atoms with E-state index in [1.165, 1.54) is 18.4 Å². The Bertz CT molecular complexity index is 899. The second kappa shape index (κ2) is 6.12. The van der Waals surface area contributed by atoms with Crippen molar-refractivity contribution in [2.75, 3.05) is 5.32 Å². The summed E-state index contributed by atoms with van der Waals surface area (Å²) in [5, 5.41) is 5.27. The normalized spacial score (nSPS) is 19.2. The largest absolute Gasteiger partial charge is 0.322 e. The van der Waals surface area contributed by atoms with Gasteiger partial charge in [-0.3, -0.25) is 4.79 Å². The Labute approximate surface area is 142 Å². The van der Waals surface area contributed by atoms with Crippen LogP contribution in [0.5, 0.6) is 0 Å². The Hall–Kier alpha value is -2.61. The maximum Gasteiger partial charge on any atom is 0.255 e. The van der Waals surface area contributed by atoms with Gasteiger partial charge >= 0.3 is 0 Å². The molecule has 2 atom stereocenters. The average molecular weight is 315 g/mol. The third-order valence-electron chi connectivity index (χ3n) is 5.03. The average Bonchev–Trinajstić information content (AvgIpc) is 3.41. The Balaban J connectivity index is 1.54. The van der Waals surface area contributed by atoms with Gasteiger partial charge in [0, 0.05) is 11.3 Å². The van der Waals surface area contributed by atoms with Gasteiger partial charge in [0.15, 0.2) is 0 Å². The second-order valence-corrected chi connectivity index (χ2v) is 6.65. The maximum atomic E-state index is 12.6. The van der Waals surface area contributed by atoms with Crippen LogP contribution in [0.1, 0.15) is 41.6 Å². The number of carbonyl (C=O) groups is 1. The zero-order valence-corrected chi connectivity index (χ0v) is 13.8. The lowest BCUT2D eigenvalue weighted by Crippen LogP contribution is -2.11. The topological polar surface area (TPSA) is 29.1 Å². The van der Waals surface area contributed by atoms with Crippen molar-refractivity contribution >= 4 is 22.4 Å². The highest BCUT2D eigenvalue weighted by Gasteiger charge is 2.36. The van der Waals surface area contributed by atoms with E-state index in [9.17, 15) is 4.79 Å². The van der Waals surface area contributed by atoms with Crippen molar-refractivity contribution in [1.82, 2.24) is 0 Å².